The highest BCUT2D eigenvalue weighted by Gasteiger charge is 2.51. The van der Waals surface area contributed by atoms with Gasteiger partial charge in [-0.3, -0.25) is 9.59 Å². The van der Waals surface area contributed by atoms with Crippen LogP contribution >= 0.6 is 0 Å². The molecule has 0 unspecified atom stereocenters. The second-order valence-electron chi connectivity index (χ2n) is 12.4. The zero-order valence-electron chi connectivity index (χ0n) is 24.9. The number of benzene rings is 3. The molecule has 9 heteroatoms. The van der Waals surface area contributed by atoms with Crippen LogP contribution in [0.15, 0.2) is 72.8 Å². The van der Waals surface area contributed by atoms with E-state index >= 15 is 0 Å². The fraction of sp³-hybridized carbons (Fsp3) is 0.429. The van der Waals surface area contributed by atoms with Crippen molar-refractivity contribution in [3.05, 3.63) is 95.1 Å². The maximum atomic E-state index is 14.4. The molecule has 2 fully saturated rings. The molecule has 44 heavy (non-hydrogen) atoms. The van der Waals surface area contributed by atoms with Gasteiger partial charge in [0.2, 0.25) is 11.8 Å². The van der Waals surface area contributed by atoms with Gasteiger partial charge in [-0.25, -0.2) is 0 Å². The number of carbonyl (C=O) groups is 2. The molecule has 1 aliphatic heterocycles. The van der Waals surface area contributed by atoms with Crippen LogP contribution in [-0.2, 0) is 39.9 Å². The van der Waals surface area contributed by atoms with Gasteiger partial charge in [0.05, 0.1) is 18.8 Å². The lowest BCUT2D eigenvalue weighted by Gasteiger charge is -2.50. The first-order chi connectivity index (χ1) is 21.1. The molecule has 1 saturated heterocycles. The Balaban J connectivity index is 1.30. The minimum absolute atomic E-state index is 0.0465. The molecular weight excluding hydrogens is 567 g/mol. The van der Waals surface area contributed by atoms with Crippen LogP contribution in [0.2, 0.25) is 0 Å². The van der Waals surface area contributed by atoms with Gasteiger partial charge < -0.3 is 19.9 Å². The maximum Gasteiger partial charge on any atom is 0.416 e. The van der Waals surface area contributed by atoms with Gasteiger partial charge in [0.15, 0.2) is 0 Å². The Bertz CT molecular complexity index is 1490. The third kappa shape index (κ3) is 6.20. The Morgan fingerprint density at radius 1 is 0.932 bits per heavy atom. The monoisotopic (exact) mass is 605 g/mol. The highest BCUT2D eigenvalue weighted by molar-refractivity contribution is 6.00. The molecule has 0 bridgehead atoms. The topological polar surface area (TPSA) is 61.9 Å². The lowest BCUT2D eigenvalue weighted by Crippen LogP contribution is -2.61. The predicted molar refractivity (Wildman–Crippen MR) is 163 cm³/mol. The lowest BCUT2D eigenvalue weighted by molar-refractivity contribution is -0.149. The number of anilines is 2. The minimum Gasteiger partial charge on any atom is -0.378 e. The summed E-state index contributed by atoms with van der Waals surface area (Å²) >= 11 is 0. The van der Waals surface area contributed by atoms with Gasteiger partial charge in [0.1, 0.15) is 5.54 Å². The number of hydrogen-bond donors (Lipinski definition) is 1. The zero-order chi connectivity index (χ0) is 30.9. The summed E-state index contributed by atoms with van der Waals surface area (Å²) in [5.74, 6) is 0.0643. The molecule has 3 aliphatic rings. The average molecular weight is 606 g/mol. The van der Waals surface area contributed by atoms with E-state index in [9.17, 15) is 22.8 Å². The van der Waals surface area contributed by atoms with Crippen molar-refractivity contribution < 1.29 is 27.5 Å². The molecule has 3 atom stereocenters. The number of hydrogen-bond acceptors (Lipinski definition) is 4. The molecule has 1 N–H and O–H groups in total. The quantitative estimate of drug-likeness (QED) is 0.349. The predicted octanol–water partition coefficient (Wildman–Crippen LogP) is 6.48. The van der Waals surface area contributed by atoms with E-state index in [0.29, 0.717) is 43.2 Å². The molecule has 2 aliphatic carbocycles. The number of alkyl halides is 3. The standard InChI is InChI=1S/C35H38F3N3O3/c1-24(42)41(23-25-6-8-30(9-7-25)35(36,37)38)34(15-14-28-20-26-4-2-3-5-27(26)21-29(28)22-34)33(43)39-31-10-12-32(13-11-31)40-16-18-44-19-17-40/h2-13,28-29H,14-23H2,1H3,(H,39,43)/t28-,29+,34+/m0/s1. The Morgan fingerprint density at radius 2 is 1.57 bits per heavy atom. The van der Waals surface area contributed by atoms with E-state index < -0.39 is 17.3 Å². The van der Waals surface area contributed by atoms with Crippen molar-refractivity contribution in [2.75, 3.05) is 36.5 Å². The maximum absolute atomic E-state index is 14.4. The van der Waals surface area contributed by atoms with Crippen LogP contribution in [-0.4, -0.2) is 48.6 Å². The average Bonchev–Trinajstić information content (AvgIpc) is 3.03. The molecule has 232 valence electrons. The Hall–Kier alpha value is -3.85. The molecule has 3 aromatic rings. The van der Waals surface area contributed by atoms with Crippen molar-refractivity contribution in [2.24, 2.45) is 11.8 Å². The van der Waals surface area contributed by atoms with E-state index in [2.05, 4.69) is 28.4 Å². The van der Waals surface area contributed by atoms with E-state index in [1.54, 1.807) is 4.90 Å². The number of nitrogens with zero attached hydrogens (tertiary/aromatic N) is 2. The van der Waals surface area contributed by atoms with E-state index in [4.69, 9.17) is 4.74 Å². The van der Waals surface area contributed by atoms with Gasteiger partial charge in [-0.2, -0.15) is 13.2 Å². The molecule has 3 aromatic carbocycles. The second-order valence-corrected chi connectivity index (χ2v) is 12.4. The van der Waals surface area contributed by atoms with Crippen molar-refractivity contribution in [1.82, 2.24) is 4.90 Å². The number of fused-ring (bicyclic) bond motifs is 2. The summed E-state index contributed by atoms with van der Waals surface area (Å²) in [6, 6.07) is 21.0. The van der Waals surface area contributed by atoms with E-state index in [1.165, 1.54) is 30.2 Å². The van der Waals surface area contributed by atoms with Gasteiger partial charge in [0, 0.05) is 37.9 Å². The molecule has 0 spiro atoms. The number of morpholine rings is 1. The summed E-state index contributed by atoms with van der Waals surface area (Å²) in [5, 5.41) is 3.12. The summed E-state index contributed by atoms with van der Waals surface area (Å²) in [6.45, 7) is 4.44. The first-order valence-corrected chi connectivity index (χ1v) is 15.4. The molecule has 1 heterocycles. The van der Waals surface area contributed by atoms with E-state index in [0.717, 1.165) is 50.2 Å². The van der Waals surface area contributed by atoms with Crippen LogP contribution in [0.25, 0.3) is 0 Å². The van der Waals surface area contributed by atoms with Crippen LogP contribution in [0, 0.1) is 11.8 Å². The van der Waals surface area contributed by atoms with Crippen LogP contribution in [0.1, 0.15) is 48.4 Å². The third-order valence-corrected chi connectivity index (χ3v) is 9.72. The summed E-state index contributed by atoms with van der Waals surface area (Å²) in [7, 11) is 0. The van der Waals surface area contributed by atoms with Crippen LogP contribution < -0.4 is 10.2 Å². The molecule has 0 radical (unpaired) electrons. The normalized spacial score (nSPS) is 23.3. The Labute approximate surface area is 256 Å². The molecular formula is C35H38F3N3O3. The summed E-state index contributed by atoms with van der Waals surface area (Å²) < 4.78 is 45.2. The smallest absolute Gasteiger partial charge is 0.378 e. The highest BCUT2D eigenvalue weighted by Crippen LogP contribution is 2.47. The van der Waals surface area contributed by atoms with Crippen molar-refractivity contribution in [2.45, 2.75) is 57.3 Å². The number of amides is 2. The van der Waals surface area contributed by atoms with Crippen LogP contribution in [0.3, 0.4) is 0 Å². The van der Waals surface area contributed by atoms with Gasteiger partial charge in [-0.1, -0.05) is 36.4 Å². The van der Waals surface area contributed by atoms with Gasteiger partial charge in [-0.15, -0.1) is 0 Å². The van der Waals surface area contributed by atoms with Crippen molar-refractivity contribution in [3.63, 3.8) is 0 Å². The first kappa shape index (κ1) is 30.2. The fourth-order valence-electron chi connectivity index (χ4n) is 7.33. The van der Waals surface area contributed by atoms with E-state index in [-0.39, 0.29) is 24.3 Å². The number of halogens is 3. The third-order valence-electron chi connectivity index (χ3n) is 9.72. The number of carbonyl (C=O) groups excluding carboxylic acids is 2. The summed E-state index contributed by atoms with van der Waals surface area (Å²) in [6.07, 6.45) is -0.930. The van der Waals surface area contributed by atoms with Gasteiger partial charge >= 0.3 is 6.18 Å². The van der Waals surface area contributed by atoms with E-state index in [1.807, 2.05) is 30.3 Å². The van der Waals surface area contributed by atoms with Crippen molar-refractivity contribution in [3.8, 4) is 0 Å². The molecule has 1 saturated carbocycles. The molecule has 2 amide bonds. The first-order valence-electron chi connectivity index (χ1n) is 15.4. The Morgan fingerprint density at radius 3 is 2.18 bits per heavy atom. The van der Waals surface area contributed by atoms with Crippen LogP contribution in [0.5, 0.6) is 0 Å². The minimum atomic E-state index is -4.45. The zero-order valence-corrected chi connectivity index (χ0v) is 24.9. The van der Waals surface area contributed by atoms with Crippen molar-refractivity contribution >= 4 is 23.2 Å². The molecule has 0 aromatic heterocycles. The molecule has 6 rings (SSSR count). The van der Waals surface area contributed by atoms with Crippen LogP contribution in [0.4, 0.5) is 24.5 Å². The lowest BCUT2D eigenvalue weighted by atomic mass is 9.62. The number of rotatable bonds is 6. The van der Waals surface area contributed by atoms with Gasteiger partial charge in [-0.05, 0) is 97.0 Å². The second kappa shape index (κ2) is 12.3. The number of nitrogens with one attached hydrogen (secondary N) is 1. The number of ether oxygens (including phenoxy) is 1. The molecule has 6 nitrogen and oxygen atoms in total. The highest BCUT2D eigenvalue weighted by atomic mass is 19.4. The Kier molecular flexibility index (Phi) is 8.42. The van der Waals surface area contributed by atoms with Crippen molar-refractivity contribution in [1.29, 1.82) is 0 Å². The summed E-state index contributed by atoms with van der Waals surface area (Å²) in [4.78, 5) is 31.6. The van der Waals surface area contributed by atoms with Gasteiger partial charge in [0.25, 0.3) is 0 Å². The largest absolute Gasteiger partial charge is 0.416 e. The summed E-state index contributed by atoms with van der Waals surface area (Å²) in [5.41, 5.74) is 2.97. The fourth-order valence-corrected chi connectivity index (χ4v) is 7.33. The SMILES string of the molecule is CC(=O)N(Cc1ccc(C(F)(F)F)cc1)[C@]1(C(=O)Nc2ccc(N3CCOCC3)cc2)CC[C@H]2Cc3ccccc3C[C@@H]2C1.